The average molecular weight is 738 g/mol. The van der Waals surface area contributed by atoms with Gasteiger partial charge in [-0.1, -0.05) is 194 Å². The van der Waals surface area contributed by atoms with Crippen LogP contribution in [0.25, 0.3) is 111 Å². The molecule has 10 aromatic carbocycles. The Bertz CT molecular complexity index is 3240. The van der Waals surface area contributed by atoms with E-state index in [1.165, 1.54) is 44.2 Å². The van der Waals surface area contributed by atoms with Gasteiger partial charge in [0.2, 0.25) is 0 Å². The first kappa shape index (κ1) is 33.6. The molecule has 0 aliphatic heterocycles. The van der Waals surface area contributed by atoms with E-state index in [0.29, 0.717) is 17.5 Å². The summed E-state index contributed by atoms with van der Waals surface area (Å²) in [5, 5.41) is 9.27. The maximum Gasteiger partial charge on any atom is 0.164 e. The van der Waals surface area contributed by atoms with Gasteiger partial charge in [0.1, 0.15) is 0 Å². The minimum absolute atomic E-state index is 0.632. The summed E-state index contributed by atoms with van der Waals surface area (Å²) >= 11 is 0. The number of rotatable bonds is 6. The summed E-state index contributed by atoms with van der Waals surface area (Å²) < 4.78 is 0. The maximum atomic E-state index is 5.31. The van der Waals surface area contributed by atoms with E-state index >= 15 is 0 Å². The number of fused-ring (bicyclic) bond motifs is 4. The normalized spacial score (nSPS) is 11.4. The lowest BCUT2D eigenvalue weighted by Crippen LogP contribution is -2.01. The zero-order chi connectivity index (χ0) is 38.4. The van der Waals surface area contributed by atoms with Gasteiger partial charge in [0, 0.05) is 16.7 Å². The Hall–Kier alpha value is -7.75. The summed E-state index contributed by atoms with van der Waals surface area (Å²) in [5.41, 5.74) is 9.98. The van der Waals surface area contributed by atoms with Crippen LogP contribution in [0.4, 0.5) is 0 Å². The topological polar surface area (TPSA) is 38.7 Å². The molecule has 0 N–H and O–H groups in total. The van der Waals surface area contributed by atoms with Gasteiger partial charge in [0.15, 0.2) is 17.5 Å². The van der Waals surface area contributed by atoms with Crippen LogP contribution in [0, 0.1) is 0 Å². The summed E-state index contributed by atoms with van der Waals surface area (Å²) in [7, 11) is 0. The Morgan fingerprint density at radius 1 is 0.207 bits per heavy atom. The highest BCUT2D eigenvalue weighted by Crippen LogP contribution is 2.39. The van der Waals surface area contributed by atoms with E-state index < -0.39 is 0 Å². The van der Waals surface area contributed by atoms with Crippen molar-refractivity contribution >= 4 is 43.1 Å². The fourth-order valence-corrected chi connectivity index (χ4v) is 8.51. The van der Waals surface area contributed by atoms with Crippen LogP contribution in [0.2, 0.25) is 0 Å². The number of hydrogen-bond acceptors (Lipinski definition) is 3. The van der Waals surface area contributed by atoms with Crippen LogP contribution < -0.4 is 0 Å². The van der Waals surface area contributed by atoms with Crippen LogP contribution in [0.1, 0.15) is 0 Å². The zero-order valence-electron chi connectivity index (χ0n) is 31.5. The molecule has 0 amide bonds. The molecule has 0 aliphatic rings. The molecule has 1 aromatic heterocycles. The van der Waals surface area contributed by atoms with Crippen molar-refractivity contribution in [1.82, 2.24) is 15.0 Å². The second-order valence-corrected chi connectivity index (χ2v) is 14.8. The molecule has 1 heterocycles. The maximum absolute atomic E-state index is 5.31. The second kappa shape index (κ2) is 14.1. The van der Waals surface area contributed by atoms with Crippen molar-refractivity contribution in [2.45, 2.75) is 0 Å². The van der Waals surface area contributed by atoms with Gasteiger partial charge in [-0.05, 0) is 94.7 Å². The molecule has 3 nitrogen and oxygen atoms in total. The van der Waals surface area contributed by atoms with E-state index in [4.69, 9.17) is 15.0 Å². The largest absolute Gasteiger partial charge is 0.208 e. The van der Waals surface area contributed by atoms with Gasteiger partial charge in [0.25, 0.3) is 0 Å². The third-order valence-corrected chi connectivity index (χ3v) is 11.3. The first-order chi connectivity index (χ1) is 28.7. The van der Waals surface area contributed by atoms with E-state index in [1.807, 2.05) is 0 Å². The van der Waals surface area contributed by atoms with E-state index in [9.17, 15) is 0 Å². The molecular formula is C55H35N3. The molecule has 0 atom stereocenters. The van der Waals surface area contributed by atoms with Gasteiger partial charge in [-0.25, -0.2) is 15.0 Å². The van der Waals surface area contributed by atoms with E-state index in [-0.39, 0.29) is 0 Å². The summed E-state index contributed by atoms with van der Waals surface area (Å²) in [4.78, 5) is 15.9. The molecule has 0 radical (unpaired) electrons. The summed E-state index contributed by atoms with van der Waals surface area (Å²) in [6, 6.07) is 75.3. The lowest BCUT2D eigenvalue weighted by Gasteiger charge is -2.14. The van der Waals surface area contributed by atoms with Crippen molar-refractivity contribution in [3.8, 4) is 67.5 Å². The fraction of sp³-hybridized carbons (Fsp3) is 0. The molecular weight excluding hydrogens is 703 g/mol. The van der Waals surface area contributed by atoms with E-state index in [2.05, 4.69) is 212 Å². The van der Waals surface area contributed by atoms with E-state index in [0.717, 1.165) is 49.0 Å². The summed E-state index contributed by atoms with van der Waals surface area (Å²) in [6.45, 7) is 0. The van der Waals surface area contributed by atoms with Crippen LogP contribution in [-0.2, 0) is 0 Å². The minimum atomic E-state index is 0.632. The van der Waals surface area contributed by atoms with E-state index in [1.54, 1.807) is 0 Å². The number of hydrogen-bond donors (Lipinski definition) is 0. The standard InChI is InChI=1S/C55H35N3/c1-3-14-36(15-4-1)44-24-12-26-50-48(44)25-13-27-51(50)54-56-53(57-55(58-54)52-33-32-46(37-16-5-2-6-17-37)47-21-9-10-22-49(47)52)42-31-29-39-34-41(30-28-40(39)35-42)45-23-11-19-38-18-7-8-20-43(38)45/h1-35H. The number of aromatic nitrogens is 3. The molecule has 0 saturated heterocycles. The van der Waals surface area contributed by atoms with Crippen molar-refractivity contribution in [1.29, 1.82) is 0 Å². The van der Waals surface area contributed by atoms with Crippen LogP contribution in [-0.4, -0.2) is 15.0 Å². The molecule has 0 spiro atoms. The summed E-state index contributed by atoms with van der Waals surface area (Å²) in [5.74, 6) is 1.91. The molecule has 0 saturated carbocycles. The molecule has 0 aliphatic carbocycles. The monoisotopic (exact) mass is 737 g/mol. The molecule has 0 unspecified atom stereocenters. The van der Waals surface area contributed by atoms with Crippen molar-refractivity contribution in [2.75, 3.05) is 0 Å². The average Bonchev–Trinajstić information content (AvgIpc) is 3.30. The van der Waals surface area contributed by atoms with Gasteiger partial charge in [-0.2, -0.15) is 0 Å². The second-order valence-electron chi connectivity index (χ2n) is 14.8. The number of benzene rings is 10. The molecule has 11 aromatic rings. The first-order valence-electron chi connectivity index (χ1n) is 19.7. The van der Waals surface area contributed by atoms with Crippen molar-refractivity contribution < 1.29 is 0 Å². The van der Waals surface area contributed by atoms with Crippen LogP contribution in [0.15, 0.2) is 212 Å². The Kier molecular flexibility index (Phi) is 8.15. The van der Waals surface area contributed by atoms with Gasteiger partial charge in [0.05, 0.1) is 0 Å². The Labute approximate surface area is 336 Å². The predicted octanol–water partition coefficient (Wildman–Crippen LogP) is 14.5. The summed E-state index contributed by atoms with van der Waals surface area (Å²) in [6.07, 6.45) is 0. The lowest BCUT2D eigenvalue weighted by molar-refractivity contribution is 1.08. The molecule has 11 rings (SSSR count). The molecule has 58 heavy (non-hydrogen) atoms. The Morgan fingerprint density at radius 3 is 1.26 bits per heavy atom. The van der Waals surface area contributed by atoms with Crippen molar-refractivity contribution in [3.63, 3.8) is 0 Å². The molecule has 0 bridgehead atoms. The third kappa shape index (κ3) is 5.89. The first-order valence-corrected chi connectivity index (χ1v) is 19.7. The van der Waals surface area contributed by atoms with Gasteiger partial charge >= 0.3 is 0 Å². The van der Waals surface area contributed by atoms with Crippen LogP contribution in [0.3, 0.4) is 0 Å². The zero-order valence-corrected chi connectivity index (χ0v) is 31.5. The smallest absolute Gasteiger partial charge is 0.164 e. The Balaban J connectivity index is 1.10. The molecule has 0 fully saturated rings. The van der Waals surface area contributed by atoms with Gasteiger partial charge in [-0.15, -0.1) is 0 Å². The quantitative estimate of drug-likeness (QED) is 0.171. The van der Waals surface area contributed by atoms with Gasteiger partial charge < -0.3 is 0 Å². The van der Waals surface area contributed by atoms with Gasteiger partial charge in [-0.3, -0.25) is 0 Å². The number of nitrogens with zero attached hydrogens (tertiary/aromatic N) is 3. The highest BCUT2D eigenvalue weighted by atomic mass is 15.0. The minimum Gasteiger partial charge on any atom is -0.208 e. The molecule has 3 heteroatoms. The van der Waals surface area contributed by atoms with Crippen LogP contribution >= 0.6 is 0 Å². The van der Waals surface area contributed by atoms with Crippen molar-refractivity contribution in [2.24, 2.45) is 0 Å². The Morgan fingerprint density at radius 2 is 0.603 bits per heavy atom. The van der Waals surface area contributed by atoms with Crippen molar-refractivity contribution in [3.05, 3.63) is 212 Å². The van der Waals surface area contributed by atoms with Crippen LogP contribution in [0.5, 0.6) is 0 Å². The predicted molar refractivity (Wildman–Crippen MR) is 242 cm³/mol. The molecule has 270 valence electrons. The highest BCUT2D eigenvalue weighted by Gasteiger charge is 2.18. The third-order valence-electron chi connectivity index (χ3n) is 11.3. The SMILES string of the molecule is c1ccc(-c2cccc3c(-c4nc(-c5ccc6cc(-c7cccc8ccccc78)ccc6c5)nc(-c5ccc(-c6ccccc6)c6ccccc56)n4)cccc23)cc1. The highest BCUT2D eigenvalue weighted by molar-refractivity contribution is 6.06. The fourth-order valence-electron chi connectivity index (χ4n) is 8.51. The lowest BCUT2D eigenvalue weighted by atomic mass is 9.94.